The number of nitrogens with one attached hydrogen (secondary N) is 2. The summed E-state index contributed by atoms with van der Waals surface area (Å²) < 4.78 is 0. The van der Waals surface area contributed by atoms with Gasteiger partial charge in [-0.25, -0.2) is 0 Å². The maximum absolute atomic E-state index is 12.0. The van der Waals surface area contributed by atoms with Crippen molar-refractivity contribution in [3.63, 3.8) is 0 Å². The summed E-state index contributed by atoms with van der Waals surface area (Å²) in [6, 6.07) is 12.8. The van der Waals surface area contributed by atoms with Crippen LogP contribution in [0, 0.1) is 18.3 Å². The van der Waals surface area contributed by atoms with Gasteiger partial charge in [0, 0.05) is 18.1 Å². The Bertz CT molecular complexity index is 684. The van der Waals surface area contributed by atoms with Crippen LogP contribution in [0.2, 0.25) is 0 Å². The summed E-state index contributed by atoms with van der Waals surface area (Å²) in [5, 5.41) is 14.6. The molecule has 1 aromatic carbocycles. The molecule has 2 aromatic rings. The number of carbonyl (C=O) groups is 1. The number of benzene rings is 1. The van der Waals surface area contributed by atoms with Crippen LogP contribution in [0.25, 0.3) is 0 Å². The van der Waals surface area contributed by atoms with Crippen LogP contribution >= 0.6 is 0 Å². The van der Waals surface area contributed by atoms with Crippen LogP contribution in [-0.2, 0) is 4.79 Å². The molecule has 104 valence electrons. The third-order valence-corrected chi connectivity index (χ3v) is 2.72. The predicted molar refractivity (Wildman–Crippen MR) is 81.4 cm³/mol. The van der Waals surface area contributed by atoms with Gasteiger partial charge in [-0.05, 0) is 31.2 Å². The normalized spacial score (nSPS) is 10.6. The molecule has 21 heavy (non-hydrogen) atoms. The minimum Gasteiger partial charge on any atom is -0.359 e. The van der Waals surface area contributed by atoms with Crippen LogP contribution in [-0.4, -0.2) is 10.9 Å². The van der Waals surface area contributed by atoms with E-state index < -0.39 is 5.91 Å². The molecule has 1 amide bonds. The fraction of sp³-hybridized carbons (Fsp3) is 0.0625. The number of amides is 1. The van der Waals surface area contributed by atoms with Gasteiger partial charge in [-0.2, -0.15) is 5.26 Å². The molecule has 1 heterocycles. The average Bonchev–Trinajstić information content (AvgIpc) is 2.51. The van der Waals surface area contributed by atoms with E-state index in [9.17, 15) is 4.79 Å². The van der Waals surface area contributed by atoms with Crippen molar-refractivity contribution in [2.45, 2.75) is 6.92 Å². The zero-order valence-electron chi connectivity index (χ0n) is 11.5. The summed E-state index contributed by atoms with van der Waals surface area (Å²) in [4.78, 5) is 15.9. The van der Waals surface area contributed by atoms with Crippen molar-refractivity contribution in [3.8, 4) is 6.07 Å². The highest BCUT2D eigenvalue weighted by molar-refractivity contribution is 6.06. The monoisotopic (exact) mass is 278 g/mol. The second-order valence-electron chi connectivity index (χ2n) is 4.38. The molecule has 2 rings (SSSR count). The summed E-state index contributed by atoms with van der Waals surface area (Å²) in [6.45, 7) is 1.96. The fourth-order valence-corrected chi connectivity index (χ4v) is 1.59. The van der Waals surface area contributed by atoms with Crippen molar-refractivity contribution in [3.05, 3.63) is 66.1 Å². The van der Waals surface area contributed by atoms with Crippen molar-refractivity contribution in [2.24, 2.45) is 0 Å². The van der Waals surface area contributed by atoms with Gasteiger partial charge >= 0.3 is 0 Å². The molecule has 5 nitrogen and oxygen atoms in total. The minimum absolute atomic E-state index is 0.0144. The molecule has 0 saturated heterocycles. The summed E-state index contributed by atoms with van der Waals surface area (Å²) in [5.74, 6) is -0.460. The summed E-state index contributed by atoms with van der Waals surface area (Å²) in [6.07, 6.45) is 4.61. The Morgan fingerprint density at radius 3 is 2.62 bits per heavy atom. The standard InChI is InChI=1S/C16H14N4O/c1-12-4-6-14(7-5-12)20-16(21)13(9-17)10-19-15-3-2-8-18-11-15/h2-8,10-11,19H,1H3,(H,20,21)/b13-10-. The third-order valence-electron chi connectivity index (χ3n) is 2.72. The molecule has 0 radical (unpaired) electrons. The highest BCUT2D eigenvalue weighted by Crippen LogP contribution is 2.10. The van der Waals surface area contributed by atoms with E-state index in [-0.39, 0.29) is 5.57 Å². The number of carbonyl (C=O) groups excluding carboxylic acids is 1. The van der Waals surface area contributed by atoms with Crippen LogP contribution < -0.4 is 10.6 Å². The SMILES string of the molecule is Cc1ccc(NC(=O)/C(C#N)=C\Nc2cccnc2)cc1. The second kappa shape index (κ2) is 6.87. The first kappa shape index (κ1) is 14.3. The van der Waals surface area contributed by atoms with Gasteiger partial charge < -0.3 is 10.6 Å². The van der Waals surface area contributed by atoms with Crippen molar-refractivity contribution < 1.29 is 4.79 Å². The summed E-state index contributed by atoms with van der Waals surface area (Å²) in [7, 11) is 0. The molecule has 0 bridgehead atoms. The van der Waals surface area contributed by atoms with Crippen molar-refractivity contribution in [1.29, 1.82) is 5.26 Å². The number of aromatic nitrogens is 1. The summed E-state index contributed by atoms with van der Waals surface area (Å²) >= 11 is 0. The molecule has 0 unspecified atom stereocenters. The first-order valence-electron chi connectivity index (χ1n) is 6.34. The van der Waals surface area contributed by atoms with E-state index in [1.807, 2.05) is 25.1 Å². The topological polar surface area (TPSA) is 77.8 Å². The van der Waals surface area contributed by atoms with Gasteiger partial charge in [-0.15, -0.1) is 0 Å². The molecular formula is C16H14N4O. The molecule has 0 aliphatic rings. The minimum atomic E-state index is -0.460. The van der Waals surface area contributed by atoms with Crippen molar-refractivity contribution >= 4 is 17.3 Å². The third kappa shape index (κ3) is 4.18. The number of hydrogen-bond acceptors (Lipinski definition) is 4. The van der Waals surface area contributed by atoms with E-state index in [4.69, 9.17) is 5.26 Å². The Hall–Kier alpha value is -3.13. The molecule has 2 N–H and O–H groups in total. The van der Waals surface area contributed by atoms with Gasteiger partial charge in [0.2, 0.25) is 0 Å². The lowest BCUT2D eigenvalue weighted by Crippen LogP contribution is -2.14. The zero-order valence-corrected chi connectivity index (χ0v) is 11.5. The lowest BCUT2D eigenvalue weighted by Gasteiger charge is -2.05. The van der Waals surface area contributed by atoms with Crippen LogP contribution in [0.15, 0.2) is 60.6 Å². The fourth-order valence-electron chi connectivity index (χ4n) is 1.59. The molecule has 0 aliphatic carbocycles. The Labute approximate surface area is 122 Å². The molecular weight excluding hydrogens is 264 g/mol. The largest absolute Gasteiger partial charge is 0.359 e. The first-order valence-corrected chi connectivity index (χ1v) is 6.34. The van der Waals surface area contributed by atoms with E-state index in [0.717, 1.165) is 5.56 Å². The van der Waals surface area contributed by atoms with Crippen molar-refractivity contribution in [1.82, 2.24) is 4.98 Å². The lowest BCUT2D eigenvalue weighted by molar-refractivity contribution is -0.112. The number of hydrogen-bond donors (Lipinski definition) is 2. The number of nitrogens with zero attached hydrogens (tertiary/aromatic N) is 2. The molecule has 0 spiro atoms. The van der Waals surface area contributed by atoms with Crippen LogP contribution in [0.4, 0.5) is 11.4 Å². The molecule has 0 aliphatic heterocycles. The second-order valence-corrected chi connectivity index (χ2v) is 4.38. The van der Waals surface area contributed by atoms with E-state index >= 15 is 0 Å². The van der Waals surface area contributed by atoms with Gasteiger partial charge in [-0.3, -0.25) is 9.78 Å². The highest BCUT2D eigenvalue weighted by Gasteiger charge is 2.08. The Balaban J connectivity index is 2.05. The maximum Gasteiger partial charge on any atom is 0.267 e. The van der Waals surface area contributed by atoms with E-state index in [0.29, 0.717) is 11.4 Å². The number of aryl methyl sites for hydroxylation is 1. The van der Waals surface area contributed by atoms with Crippen LogP contribution in [0.1, 0.15) is 5.56 Å². The van der Waals surface area contributed by atoms with Gasteiger partial charge in [0.05, 0.1) is 11.9 Å². The summed E-state index contributed by atoms with van der Waals surface area (Å²) in [5.41, 5.74) is 2.43. The van der Waals surface area contributed by atoms with E-state index in [1.165, 1.54) is 6.20 Å². The number of nitriles is 1. The van der Waals surface area contributed by atoms with Gasteiger partial charge in [0.1, 0.15) is 11.6 Å². The molecule has 1 aromatic heterocycles. The maximum atomic E-state index is 12.0. The van der Waals surface area contributed by atoms with Crippen LogP contribution in [0.5, 0.6) is 0 Å². The quantitative estimate of drug-likeness (QED) is 0.666. The molecule has 0 fully saturated rings. The number of anilines is 2. The van der Waals surface area contributed by atoms with Gasteiger partial charge in [0.25, 0.3) is 5.91 Å². The van der Waals surface area contributed by atoms with Gasteiger partial charge in [-0.1, -0.05) is 17.7 Å². The van der Waals surface area contributed by atoms with Gasteiger partial charge in [0.15, 0.2) is 0 Å². The number of pyridine rings is 1. The van der Waals surface area contributed by atoms with E-state index in [2.05, 4.69) is 15.6 Å². The highest BCUT2D eigenvalue weighted by atomic mass is 16.1. The smallest absolute Gasteiger partial charge is 0.267 e. The number of rotatable bonds is 4. The average molecular weight is 278 g/mol. The molecule has 0 atom stereocenters. The predicted octanol–water partition coefficient (Wildman–Crippen LogP) is 2.85. The Morgan fingerprint density at radius 1 is 1.24 bits per heavy atom. The first-order chi connectivity index (χ1) is 10.2. The van der Waals surface area contributed by atoms with Crippen molar-refractivity contribution in [2.75, 3.05) is 10.6 Å². The zero-order chi connectivity index (χ0) is 15.1. The molecule has 5 heteroatoms. The Kier molecular flexibility index (Phi) is 4.67. The lowest BCUT2D eigenvalue weighted by atomic mass is 10.2. The van der Waals surface area contributed by atoms with E-state index in [1.54, 1.807) is 36.7 Å². The Morgan fingerprint density at radius 2 is 2.00 bits per heavy atom. The molecule has 0 saturated carbocycles. The van der Waals surface area contributed by atoms with Crippen LogP contribution in [0.3, 0.4) is 0 Å².